The first kappa shape index (κ1) is 16.9. The quantitative estimate of drug-likeness (QED) is 0.598. The molecular weight excluding hydrogens is 343 g/mol. The van der Waals surface area contributed by atoms with Crippen LogP contribution in [0, 0.1) is 5.82 Å². The zero-order valence-corrected chi connectivity index (χ0v) is 14.6. The first-order valence-electron chi connectivity index (χ1n) is 8.59. The number of hydrogen-bond donors (Lipinski definition) is 1. The summed E-state index contributed by atoms with van der Waals surface area (Å²) >= 11 is 0. The second kappa shape index (κ2) is 6.99. The Morgan fingerprint density at radius 1 is 1.04 bits per heavy atom. The molecular formula is C21H17FN4O. The highest BCUT2D eigenvalue weighted by atomic mass is 19.1. The largest absolute Gasteiger partial charge is 0.342 e. The number of halogens is 1. The molecule has 2 heterocycles. The fourth-order valence-corrected chi connectivity index (χ4v) is 3.07. The topological polar surface area (TPSA) is 59.3 Å². The lowest BCUT2D eigenvalue weighted by atomic mass is 9.99. The van der Waals surface area contributed by atoms with Gasteiger partial charge in [0.2, 0.25) is 0 Å². The van der Waals surface area contributed by atoms with E-state index in [1.54, 1.807) is 6.07 Å². The summed E-state index contributed by atoms with van der Waals surface area (Å²) in [6.45, 7) is 1.82. The average Bonchev–Trinajstić information content (AvgIpc) is 3.13. The number of hydrogen-bond acceptors (Lipinski definition) is 3. The minimum atomic E-state index is -0.458. The second-order valence-corrected chi connectivity index (χ2v) is 6.24. The van der Waals surface area contributed by atoms with Gasteiger partial charge in [-0.05, 0) is 42.3 Å². The van der Waals surface area contributed by atoms with E-state index in [4.69, 9.17) is 0 Å². The highest BCUT2D eigenvalue weighted by Crippen LogP contribution is 2.25. The van der Waals surface area contributed by atoms with Crippen LogP contribution in [0.1, 0.15) is 29.1 Å². The van der Waals surface area contributed by atoms with Crippen molar-refractivity contribution in [3.05, 3.63) is 90.1 Å². The number of benzene rings is 2. The molecule has 0 unspecified atom stereocenters. The second-order valence-electron chi connectivity index (χ2n) is 6.24. The van der Waals surface area contributed by atoms with E-state index >= 15 is 0 Å². The predicted molar refractivity (Wildman–Crippen MR) is 101 cm³/mol. The van der Waals surface area contributed by atoms with Crippen LogP contribution >= 0.6 is 0 Å². The summed E-state index contributed by atoms with van der Waals surface area (Å²) in [5.74, 6) is -0.217. The molecule has 0 aliphatic heterocycles. The molecule has 2 aromatic heterocycles. The van der Waals surface area contributed by atoms with Crippen LogP contribution in [-0.4, -0.2) is 20.5 Å². The van der Waals surface area contributed by atoms with Crippen molar-refractivity contribution in [1.29, 1.82) is 0 Å². The van der Waals surface area contributed by atoms with Crippen LogP contribution in [0.2, 0.25) is 0 Å². The van der Waals surface area contributed by atoms with Gasteiger partial charge in [-0.3, -0.25) is 9.20 Å². The molecule has 1 N–H and O–H groups in total. The Hall–Kier alpha value is -3.54. The van der Waals surface area contributed by atoms with E-state index in [2.05, 4.69) is 15.5 Å². The van der Waals surface area contributed by atoms with Gasteiger partial charge in [0.15, 0.2) is 11.5 Å². The van der Waals surface area contributed by atoms with E-state index in [-0.39, 0.29) is 11.5 Å². The Balaban J connectivity index is 1.66. The highest BCUT2D eigenvalue weighted by Gasteiger charge is 2.19. The third-order valence-electron chi connectivity index (χ3n) is 4.39. The van der Waals surface area contributed by atoms with Gasteiger partial charge in [-0.2, -0.15) is 0 Å². The Morgan fingerprint density at radius 2 is 1.81 bits per heavy atom. The van der Waals surface area contributed by atoms with Crippen molar-refractivity contribution in [2.45, 2.75) is 13.0 Å². The summed E-state index contributed by atoms with van der Waals surface area (Å²) in [6, 6.07) is 18.8. The van der Waals surface area contributed by atoms with E-state index in [1.807, 2.05) is 66.1 Å². The summed E-state index contributed by atoms with van der Waals surface area (Å²) in [6.07, 6.45) is 1.84. The van der Waals surface area contributed by atoms with E-state index in [1.165, 1.54) is 12.1 Å². The predicted octanol–water partition coefficient (Wildman–Crippen LogP) is 4.03. The van der Waals surface area contributed by atoms with E-state index in [0.717, 1.165) is 5.56 Å². The summed E-state index contributed by atoms with van der Waals surface area (Å²) in [7, 11) is 0. The van der Waals surface area contributed by atoms with Gasteiger partial charge in [-0.15, -0.1) is 10.2 Å². The first-order valence-corrected chi connectivity index (χ1v) is 8.59. The Kier molecular flexibility index (Phi) is 4.38. The maximum atomic E-state index is 13.8. The van der Waals surface area contributed by atoms with Crippen LogP contribution in [0.5, 0.6) is 0 Å². The number of pyridine rings is 1. The molecule has 0 aliphatic carbocycles. The van der Waals surface area contributed by atoms with Crippen molar-refractivity contribution in [3.63, 3.8) is 0 Å². The fraction of sp³-hybridized carbons (Fsp3) is 0.0952. The molecule has 0 radical (unpaired) electrons. The maximum absolute atomic E-state index is 13.8. The minimum Gasteiger partial charge on any atom is -0.342 e. The molecule has 0 saturated heterocycles. The van der Waals surface area contributed by atoms with Gasteiger partial charge in [-0.25, -0.2) is 4.39 Å². The lowest BCUT2D eigenvalue weighted by molar-refractivity contribution is 0.0938. The Labute approximate surface area is 155 Å². The van der Waals surface area contributed by atoms with Crippen molar-refractivity contribution < 1.29 is 9.18 Å². The third kappa shape index (κ3) is 3.29. The number of amides is 1. The van der Waals surface area contributed by atoms with Gasteiger partial charge in [0, 0.05) is 6.20 Å². The number of nitrogens with zero attached hydrogens (tertiary/aromatic N) is 3. The maximum Gasteiger partial charge on any atom is 0.252 e. The van der Waals surface area contributed by atoms with Crippen LogP contribution in [0.15, 0.2) is 72.9 Å². The highest BCUT2D eigenvalue weighted by molar-refractivity contribution is 6.01. The summed E-state index contributed by atoms with van der Waals surface area (Å²) < 4.78 is 15.6. The van der Waals surface area contributed by atoms with Crippen LogP contribution < -0.4 is 5.32 Å². The van der Waals surface area contributed by atoms with E-state index in [0.29, 0.717) is 17.0 Å². The zero-order chi connectivity index (χ0) is 18.8. The van der Waals surface area contributed by atoms with E-state index in [9.17, 15) is 9.18 Å². The molecule has 2 aromatic carbocycles. The molecule has 1 atom stereocenters. The first-order chi connectivity index (χ1) is 13.1. The van der Waals surface area contributed by atoms with Gasteiger partial charge in [0.1, 0.15) is 5.82 Å². The summed E-state index contributed by atoms with van der Waals surface area (Å²) in [4.78, 5) is 12.9. The molecule has 0 aliphatic rings. The van der Waals surface area contributed by atoms with Crippen molar-refractivity contribution in [2.24, 2.45) is 0 Å². The molecule has 0 fully saturated rings. The molecule has 134 valence electrons. The molecule has 4 aromatic rings. The van der Waals surface area contributed by atoms with Crippen molar-refractivity contribution in [1.82, 2.24) is 19.9 Å². The SMILES string of the molecule is C[C@@H](NC(=O)c1cc(F)ccc1-c1ccccc1)c1nnc2ccccn12. The zero-order valence-electron chi connectivity index (χ0n) is 14.6. The number of carbonyl (C=O) groups excluding carboxylic acids is 1. The lowest BCUT2D eigenvalue weighted by Crippen LogP contribution is -2.28. The lowest BCUT2D eigenvalue weighted by Gasteiger charge is -2.15. The molecule has 6 heteroatoms. The minimum absolute atomic E-state index is 0.280. The standard InChI is InChI=1S/C21H17FN4O/c1-14(20-25-24-19-9-5-6-12-26(19)20)23-21(27)18-13-16(22)10-11-17(18)15-7-3-2-4-8-15/h2-14H,1H3,(H,23,27)/t14-/m1/s1. The monoisotopic (exact) mass is 360 g/mol. The van der Waals surface area contributed by atoms with Gasteiger partial charge >= 0.3 is 0 Å². The van der Waals surface area contributed by atoms with Gasteiger partial charge in [-0.1, -0.05) is 42.5 Å². The average molecular weight is 360 g/mol. The van der Waals surface area contributed by atoms with Crippen LogP contribution in [0.25, 0.3) is 16.8 Å². The number of fused-ring (bicyclic) bond motifs is 1. The van der Waals surface area contributed by atoms with Gasteiger partial charge in [0.25, 0.3) is 5.91 Å². The van der Waals surface area contributed by atoms with Crippen LogP contribution in [0.3, 0.4) is 0 Å². The summed E-state index contributed by atoms with van der Waals surface area (Å²) in [5.41, 5.74) is 2.50. The van der Waals surface area contributed by atoms with Crippen molar-refractivity contribution in [3.8, 4) is 11.1 Å². The number of rotatable bonds is 4. The Bertz CT molecular complexity index is 1110. The molecule has 0 saturated carbocycles. The molecule has 4 rings (SSSR count). The summed E-state index contributed by atoms with van der Waals surface area (Å²) in [5, 5.41) is 11.2. The molecule has 5 nitrogen and oxygen atoms in total. The van der Waals surface area contributed by atoms with Crippen molar-refractivity contribution in [2.75, 3.05) is 0 Å². The van der Waals surface area contributed by atoms with Crippen LogP contribution in [-0.2, 0) is 0 Å². The fourth-order valence-electron chi connectivity index (χ4n) is 3.07. The van der Waals surface area contributed by atoms with Gasteiger partial charge in [0.05, 0.1) is 11.6 Å². The number of carbonyl (C=O) groups is 1. The number of aromatic nitrogens is 3. The van der Waals surface area contributed by atoms with Crippen LogP contribution in [0.4, 0.5) is 4.39 Å². The number of nitrogens with one attached hydrogen (secondary N) is 1. The molecule has 27 heavy (non-hydrogen) atoms. The molecule has 0 spiro atoms. The Morgan fingerprint density at radius 3 is 2.63 bits per heavy atom. The smallest absolute Gasteiger partial charge is 0.252 e. The third-order valence-corrected chi connectivity index (χ3v) is 4.39. The normalized spacial score (nSPS) is 12.1. The molecule has 1 amide bonds. The van der Waals surface area contributed by atoms with Gasteiger partial charge < -0.3 is 5.32 Å². The van der Waals surface area contributed by atoms with E-state index < -0.39 is 11.9 Å². The van der Waals surface area contributed by atoms with Crippen molar-refractivity contribution >= 4 is 11.6 Å². The molecule has 0 bridgehead atoms.